The standard InChI is InChI=1S/C16H16N2S2.C4H4O4/c1-10(2)15-14(18-8-7-17-16(18)20-15)12-4-3-5-13-11(12)6-9-19-13;5-3(6)1-2-4(7)8/h3-6,9-10H,7-8H2,1-2H3;1-2H,(H,5,6)(H,7,8)/b;2-1+. The van der Waals surface area contributed by atoms with E-state index < -0.39 is 11.9 Å². The van der Waals surface area contributed by atoms with E-state index in [1.165, 1.54) is 31.4 Å². The molecule has 0 aliphatic carbocycles. The third-order valence-electron chi connectivity index (χ3n) is 4.15. The number of hydrogen-bond donors (Lipinski definition) is 2. The zero-order valence-electron chi connectivity index (χ0n) is 15.5. The van der Waals surface area contributed by atoms with Crippen LogP contribution in [0.4, 0.5) is 0 Å². The lowest BCUT2D eigenvalue weighted by Gasteiger charge is -2.19. The van der Waals surface area contributed by atoms with Gasteiger partial charge in [-0.15, -0.1) is 11.3 Å². The van der Waals surface area contributed by atoms with E-state index in [1.54, 1.807) is 0 Å². The van der Waals surface area contributed by atoms with E-state index in [2.05, 4.69) is 53.4 Å². The fourth-order valence-electron chi connectivity index (χ4n) is 3.01. The minimum atomic E-state index is -1.26. The van der Waals surface area contributed by atoms with Crippen molar-refractivity contribution in [1.82, 2.24) is 4.90 Å². The molecule has 1 aromatic carbocycles. The van der Waals surface area contributed by atoms with Gasteiger partial charge in [0.15, 0.2) is 5.17 Å². The third kappa shape index (κ3) is 4.28. The summed E-state index contributed by atoms with van der Waals surface area (Å²) in [5.41, 5.74) is 2.76. The molecule has 8 heteroatoms. The van der Waals surface area contributed by atoms with Crippen molar-refractivity contribution in [1.29, 1.82) is 0 Å². The molecule has 1 aromatic heterocycles. The lowest BCUT2D eigenvalue weighted by atomic mass is 10.0. The number of allylic oxidation sites excluding steroid dienone is 1. The van der Waals surface area contributed by atoms with Crippen molar-refractivity contribution >= 4 is 56.0 Å². The van der Waals surface area contributed by atoms with Gasteiger partial charge in [0.1, 0.15) is 0 Å². The molecule has 0 bridgehead atoms. The largest absolute Gasteiger partial charge is 0.478 e. The molecule has 6 nitrogen and oxygen atoms in total. The number of hydrogen-bond acceptors (Lipinski definition) is 6. The first-order chi connectivity index (χ1) is 13.4. The van der Waals surface area contributed by atoms with Crippen LogP contribution in [0, 0.1) is 5.92 Å². The number of carboxylic acid groups (broad SMARTS) is 2. The Hall–Kier alpha value is -2.58. The van der Waals surface area contributed by atoms with Crippen LogP contribution in [0.3, 0.4) is 0 Å². The maximum Gasteiger partial charge on any atom is 0.328 e. The van der Waals surface area contributed by atoms with E-state index in [-0.39, 0.29) is 0 Å². The van der Waals surface area contributed by atoms with Crippen molar-refractivity contribution in [3.8, 4) is 0 Å². The highest BCUT2D eigenvalue weighted by molar-refractivity contribution is 8.17. The van der Waals surface area contributed by atoms with Crippen molar-refractivity contribution in [3.05, 3.63) is 52.3 Å². The molecule has 2 aliphatic heterocycles. The van der Waals surface area contributed by atoms with Crippen LogP contribution in [0.2, 0.25) is 0 Å². The molecule has 0 fully saturated rings. The van der Waals surface area contributed by atoms with Crippen LogP contribution >= 0.6 is 23.1 Å². The Kier molecular flexibility index (Phi) is 6.21. The van der Waals surface area contributed by atoms with Crippen LogP contribution in [0.1, 0.15) is 19.4 Å². The number of rotatable bonds is 4. The molecular formula is C20H20N2O4S2. The average molecular weight is 417 g/mol. The van der Waals surface area contributed by atoms with Gasteiger partial charge in [0, 0.05) is 39.3 Å². The van der Waals surface area contributed by atoms with Gasteiger partial charge in [0.25, 0.3) is 0 Å². The first kappa shape index (κ1) is 20.2. The molecule has 0 amide bonds. The predicted octanol–water partition coefficient (Wildman–Crippen LogP) is 4.36. The maximum absolute atomic E-state index is 9.55. The molecule has 28 heavy (non-hydrogen) atoms. The average Bonchev–Trinajstić information content (AvgIpc) is 3.35. The van der Waals surface area contributed by atoms with Gasteiger partial charge in [0.2, 0.25) is 0 Å². The molecule has 0 spiro atoms. The molecule has 0 radical (unpaired) electrons. The van der Waals surface area contributed by atoms with Crippen molar-refractivity contribution < 1.29 is 19.8 Å². The fraction of sp³-hybridized carbons (Fsp3) is 0.250. The molecule has 0 atom stereocenters. The summed E-state index contributed by atoms with van der Waals surface area (Å²) in [7, 11) is 0. The second-order valence-electron chi connectivity index (χ2n) is 6.43. The number of aliphatic carboxylic acids is 2. The zero-order valence-corrected chi connectivity index (χ0v) is 17.1. The number of fused-ring (bicyclic) bond motifs is 2. The van der Waals surface area contributed by atoms with Gasteiger partial charge in [-0.3, -0.25) is 4.99 Å². The Labute approximate surface area is 170 Å². The van der Waals surface area contributed by atoms with Crippen LogP contribution in [0.25, 0.3) is 15.8 Å². The summed E-state index contributed by atoms with van der Waals surface area (Å²) in [6.07, 6.45) is 1.12. The van der Waals surface area contributed by atoms with E-state index in [0.29, 0.717) is 18.1 Å². The van der Waals surface area contributed by atoms with Crippen molar-refractivity contribution in [2.75, 3.05) is 13.1 Å². The second kappa shape index (κ2) is 8.62. The molecule has 0 saturated heterocycles. The summed E-state index contributed by atoms with van der Waals surface area (Å²) < 4.78 is 1.37. The Morgan fingerprint density at radius 1 is 1.18 bits per heavy atom. The van der Waals surface area contributed by atoms with Gasteiger partial charge in [-0.2, -0.15) is 0 Å². The predicted molar refractivity (Wildman–Crippen MR) is 115 cm³/mol. The van der Waals surface area contributed by atoms with Crippen LogP contribution in [-0.2, 0) is 9.59 Å². The second-order valence-corrected chi connectivity index (χ2v) is 8.39. The number of carboxylic acids is 2. The summed E-state index contributed by atoms with van der Waals surface area (Å²) in [6.45, 7) is 6.50. The van der Waals surface area contributed by atoms with Crippen LogP contribution < -0.4 is 0 Å². The number of thioether (sulfide) groups is 1. The van der Waals surface area contributed by atoms with Crippen LogP contribution in [-0.4, -0.2) is 45.3 Å². The van der Waals surface area contributed by atoms with E-state index in [1.807, 2.05) is 23.1 Å². The number of benzene rings is 1. The van der Waals surface area contributed by atoms with Gasteiger partial charge in [-0.05, 0) is 23.4 Å². The van der Waals surface area contributed by atoms with E-state index in [4.69, 9.17) is 10.2 Å². The Morgan fingerprint density at radius 2 is 1.89 bits per heavy atom. The number of amidine groups is 1. The van der Waals surface area contributed by atoms with E-state index in [0.717, 1.165) is 13.1 Å². The van der Waals surface area contributed by atoms with Gasteiger partial charge in [-0.1, -0.05) is 37.7 Å². The minimum Gasteiger partial charge on any atom is -0.478 e. The first-order valence-electron chi connectivity index (χ1n) is 8.73. The summed E-state index contributed by atoms with van der Waals surface area (Å²) in [5, 5.41) is 20.4. The highest BCUT2D eigenvalue weighted by atomic mass is 32.2. The van der Waals surface area contributed by atoms with Crippen LogP contribution in [0.15, 0.2) is 51.7 Å². The molecule has 0 unspecified atom stereocenters. The Balaban J connectivity index is 0.000000242. The van der Waals surface area contributed by atoms with Gasteiger partial charge in [-0.25, -0.2) is 9.59 Å². The lowest BCUT2D eigenvalue weighted by Crippen LogP contribution is -2.20. The SMILES string of the molecule is CC(C)C1=C(c2cccc3sccc23)N2CCN=C2S1.O=C(O)/C=C/C(=O)O. The molecule has 3 heterocycles. The maximum atomic E-state index is 9.55. The quantitative estimate of drug-likeness (QED) is 0.720. The zero-order chi connectivity index (χ0) is 20.3. The molecule has 2 N–H and O–H groups in total. The highest BCUT2D eigenvalue weighted by Gasteiger charge is 2.34. The molecule has 146 valence electrons. The number of carbonyl (C=O) groups is 2. The van der Waals surface area contributed by atoms with E-state index in [9.17, 15) is 9.59 Å². The lowest BCUT2D eigenvalue weighted by molar-refractivity contribution is -0.134. The monoisotopic (exact) mass is 416 g/mol. The van der Waals surface area contributed by atoms with Gasteiger partial charge in [0.05, 0.1) is 12.2 Å². The highest BCUT2D eigenvalue weighted by Crippen LogP contribution is 2.46. The molecule has 0 saturated carbocycles. The van der Waals surface area contributed by atoms with Crippen molar-refractivity contribution in [2.45, 2.75) is 13.8 Å². The normalized spacial score (nSPS) is 15.8. The minimum absolute atomic E-state index is 0.539. The molecular weight excluding hydrogens is 396 g/mol. The Morgan fingerprint density at radius 3 is 2.54 bits per heavy atom. The first-order valence-corrected chi connectivity index (χ1v) is 10.4. The number of thiophene rings is 1. The van der Waals surface area contributed by atoms with E-state index >= 15 is 0 Å². The van der Waals surface area contributed by atoms with Crippen molar-refractivity contribution in [3.63, 3.8) is 0 Å². The topological polar surface area (TPSA) is 90.2 Å². The van der Waals surface area contributed by atoms with Crippen LogP contribution in [0.5, 0.6) is 0 Å². The third-order valence-corrected chi connectivity index (χ3v) is 6.45. The summed E-state index contributed by atoms with van der Waals surface area (Å²) in [6, 6.07) is 8.89. The molecule has 2 aliphatic rings. The number of nitrogens with zero attached hydrogens (tertiary/aromatic N) is 2. The summed E-state index contributed by atoms with van der Waals surface area (Å²) in [4.78, 5) is 27.6. The van der Waals surface area contributed by atoms with Gasteiger partial charge >= 0.3 is 11.9 Å². The smallest absolute Gasteiger partial charge is 0.328 e. The Bertz CT molecular complexity index is 989. The molecule has 4 rings (SSSR count). The summed E-state index contributed by atoms with van der Waals surface area (Å²) in [5.74, 6) is -1.98. The number of aliphatic imine (C=N–C) groups is 1. The fourth-order valence-corrected chi connectivity index (χ4v) is 5.02. The summed E-state index contributed by atoms with van der Waals surface area (Å²) >= 11 is 3.68. The van der Waals surface area contributed by atoms with Gasteiger partial charge < -0.3 is 15.1 Å². The van der Waals surface area contributed by atoms with Crippen molar-refractivity contribution in [2.24, 2.45) is 10.9 Å². The molecule has 2 aromatic rings.